The number of nitrogens with zero attached hydrogens (tertiary/aromatic N) is 3. The first-order valence-electron chi connectivity index (χ1n) is 18.7. The number of hydrogen-bond donors (Lipinski definition) is 3. The summed E-state index contributed by atoms with van der Waals surface area (Å²) in [6.45, 7) is 40.7. The first-order chi connectivity index (χ1) is 22.8. The van der Waals surface area contributed by atoms with Crippen molar-refractivity contribution in [3.8, 4) is 17.2 Å². The summed E-state index contributed by atoms with van der Waals surface area (Å²) in [7, 11) is 0. The van der Waals surface area contributed by atoms with Gasteiger partial charge in [0.2, 0.25) is 0 Å². The molecule has 3 aromatic carbocycles. The fourth-order valence-corrected chi connectivity index (χ4v) is 7.08. The molecular weight excluding hydrogens is 631 g/mol. The van der Waals surface area contributed by atoms with E-state index < -0.39 is 0 Å². The van der Waals surface area contributed by atoms with Crippen molar-refractivity contribution >= 4 is 17.1 Å². The zero-order valence-electron chi connectivity index (χ0n) is 35.3. The molecule has 3 N–H and O–H groups in total. The molecule has 6 heteroatoms. The molecule has 1 fully saturated rings. The average Bonchev–Trinajstić information content (AvgIpc) is 2.93. The van der Waals surface area contributed by atoms with Gasteiger partial charge in [-0.15, -0.1) is 0 Å². The van der Waals surface area contributed by atoms with Crippen LogP contribution in [0.4, 0.5) is 17.1 Å². The van der Waals surface area contributed by atoms with Gasteiger partial charge in [0.05, 0.1) is 20.0 Å². The van der Waals surface area contributed by atoms with Crippen LogP contribution >= 0.6 is 0 Å². The molecule has 1 aliphatic rings. The van der Waals surface area contributed by atoms with Gasteiger partial charge in [-0.25, -0.2) is 0 Å². The predicted molar refractivity (Wildman–Crippen MR) is 219 cm³/mol. The zero-order chi connectivity index (χ0) is 39.0. The number of phenolic OH excluding ortho intramolecular Hbond substituents is 3. The van der Waals surface area contributed by atoms with E-state index >= 15 is 0 Å². The molecule has 0 aliphatic carbocycles. The van der Waals surface area contributed by atoms with Crippen molar-refractivity contribution in [3.63, 3.8) is 0 Å². The number of hydrogen-bond acceptors (Lipinski definition) is 6. The van der Waals surface area contributed by atoms with E-state index in [-0.39, 0.29) is 32.5 Å². The van der Waals surface area contributed by atoms with E-state index in [0.29, 0.717) is 37.3 Å². The summed E-state index contributed by atoms with van der Waals surface area (Å²) in [5.74, 6) is 1.11. The number of phenols is 3. The van der Waals surface area contributed by atoms with Gasteiger partial charge in [0.25, 0.3) is 0 Å². The molecule has 0 aromatic heterocycles. The van der Waals surface area contributed by atoms with Gasteiger partial charge >= 0.3 is 0 Å². The van der Waals surface area contributed by atoms with Gasteiger partial charge in [0, 0.05) is 50.4 Å². The second-order valence-electron chi connectivity index (χ2n) is 21.2. The maximum Gasteiger partial charge on any atom is 0.123 e. The number of benzene rings is 3. The Morgan fingerprint density at radius 1 is 0.314 bits per heavy atom. The largest absolute Gasteiger partial charge is 0.507 e. The minimum absolute atomic E-state index is 0.268. The highest BCUT2D eigenvalue weighted by Gasteiger charge is 2.34. The van der Waals surface area contributed by atoms with Crippen molar-refractivity contribution in [3.05, 3.63) is 69.8 Å². The van der Waals surface area contributed by atoms with Gasteiger partial charge < -0.3 is 30.0 Å². The standard InChI is InChI=1S/C45H69N3O3/c1-40(2,3)31-19-28(20-32(37(31)49)41(4,5)6)46-25-47(29-21-33(42(7,8)9)38(50)34(22-29)43(10,11)12)27-48(26-46)30-23-35(44(13,14)15)39(51)36(24-30)45(16,17)18/h19-24,49-51H,25-27H2,1-18H3. The summed E-state index contributed by atoms with van der Waals surface area (Å²) in [5.41, 5.74) is 7.11. The minimum Gasteiger partial charge on any atom is -0.507 e. The lowest BCUT2D eigenvalue weighted by Crippen LogP contribution is -2.56. The highest BCUT2D eigenvalue weighted by atomic mass is 16.3. The fraction of sp³-hybridized carbons (Fsp3) is 0.600. The van der Waals surface area contributed by atoms with Crippen molar-refractivity contribution in [1.82, 2.24) is 0 Å². The normalized spacial score (nSPS) is 15.5. The molecule has 3 aromatic rings. The maximum absolute atomic E-state index is 11.6. The molecule has 0 amide bonds. The first kappa shape index (κ1) is 40.2. The third kappa shape index (κ3) is 8.42. The number of anilines is 3. The maximum atomic E-state index is 11.6. The molecule has 4 rings (SSSR count). The highest BCUT2D eigenvalue weighted by Crippen LogP contribution is 2.46. The summed E-state index contributed by atoms with van der Waals surface area (Å²) >= 11 is 0. The van der Waals surface area contributed by atoms with Crippen LogP contribution in [-0.4, -0.2) is 35.3 Å². The molecular formula is C45H69N3O3. The SMILES string of the molecule is CC(C)(C)c1cc(N2CN(c3cc(C(C)(C)C)c(O)c(C(C)(C)C)c3)CN(c3cc(C(C)(C)C)c(O)c(C(C)(C)C)c3)C2)cc(C(C)(C)C)c1O. The Bertz CT molecular complexity index is 1440. The molecule has 0 bridgehead atoms. The summed E-state index contributed by atoms with van der Waals surface area (Å²) in [5, 5.41) is 34.9. The Labute approximate surface area is 310 Å². The monoisotopic (exact) mass is 700 g/mol. The Morgan fingerprint density at radius 2 is 0.451 bits per heavy atom. The molecule has 51 heavy (non-hydrogen) atoms. The fourth-order valence-electron chi connectivity index (χ4n) is 7.08. The van der Waals surface area contributed by atoms with Crippen LogP contribution < -0.4 is 14.7 Å². The second-order valence-corrected chi connectivity index (χ2v) is 21.2. The summed E-state index contributed by atoms with van der Waals surface area (Å²) < 4.78 is 0. The molecule has 0 atom stereocenters. The van der Waals surface area contributed by atoms with E-state index in [1.54, 1.807) is 0 Å². The van der Waals surface area contributed by atoms with Crippen LogP contribution in [0.3, 0.4) is 0 Å². The van der Waals surface area contributed by atoms with E-state index in [1.807, 2.05) is 0 Å². The third-order valence-corrected chi connectivity index (χ3v) is 10.3. The molecule has 0 unspecified atom stereocenters. The van der Waals surface area contributed by atoms with Gasteiger partial charge in [0.1, 0.15) is 17.2 Å². The molecule has 0 saturated carbocycles. The zero-order valence-corrected chi connectivity index (χ0v) is 35.3. The van der Waals surface area contributed by atoms with E-state index in [1.165, 1.54) is 0 Å². The minimum atomic E-state index is -0.268. The van der Waals surface area contributed by atoms with E-state index in [9.17, 15) is 15.3 Å². The molecule has 0 spiro atoms. The van der Waals surface area contributed by atoms with Crippen LogP contribution in [0.2, 0.25) is 0 Å². The molecule has 282 valence electrons. The van der Waals surface area contributed by atoms with Crippen molar-refractivity contribution < 1.29 is 15.3 Å². The quantitative estimate of drug-likeness (QED) is 0.253. The lowest BCUT2D eigenvalue weighted by molar-refractivity contribution is 0.422. The molecule has 0 radical (unpaired) electrons. The van der Waals surface area contributed by atoms with E-state index in [0.717, 1.165) is 50.4 Å². The van der Waals surface area contributed by atoms with Crippen LogP contribution in [0.5, 0.6) is 17.2 Å². The van der Waals surface area contributed by atoms with Crippen molar-refractivity contribution in [2.45, 2.75) is 157 Å². The molecule has 1 heterocycles. The van der Waals surface area contributed by atoms with Crippen LogP contribution in [0.15, 0.2) is 36.4 Å². The van der Waals surface area contributed by atoms with Crippen molar-refractivity contribution in [2.75, 3.05) is 34.7 Å². The summed E-state index contributed by atoms with van der Waals surface area (Å²) in [6.07, 6.45) is 0. The Hall–Kier alpha value is -3.54. The van der Waals surface area contributed by atoms with Crippen molar-refractivity contribution in [1.29, 1.82) is 0 Å². The van der Waals surface area contributed by atoms with Crippen LogP contribution in [0, 0.1) is 0 Å². The van der Waals surface area contributed by atoms with Crippen molar-refractivity contribution in [2.24, 2.45) is 0 Å². The molecule has 1 saturated heterocycles. The number of rotatable bonds is 3. The Morgan fingerprint density at radius 3 is 0.569 bits per heavy atom. The number of aromatic hydroxyl groups is 3. The van der Waals surface area contributed by atoms with Crippen LogP contribution in [0.1, 0.15) is 158 Å². The lowest BCUT2D eigenvalue weighted by Gasteiger charge is -2.47. The smallest absolute Gasteiger partial charge is 0.123 e. The van der Waals surface area contributed by atoms with Crippen LogP contribution in [0.25, 0.3) is 0 Å². The van der Waals surface area contributed by atoms with E-state index in [4.69, 9.17) is 0 Å². The Kier molecular flexibility index (Phi) is 10.1. The third-order valence-electron chi connectivity index (χ3n) is 10.3. The van der Waals surface area contributed by atoms with Gasteiger partial charge in [-0.1, -0.05) is 125 Å². The topological polar surface area (TPSA) is 70.4 Å². The Balaban J connectivity index is 2.05. The lowest BCUT2D eigenvalue weighted by atomic mass is 9.79. The molecule has 6 nitrogen and oxygen atoms in total. The summed E-state index contributed by atoms with van der Waals surface area (Å²) in [4.78, 5) is 7.19. The predicted octanol–water partition coefficient (Wildman–Crippen LogP) is 11.3. The van der Waals surface area contributed by atoms with E-state index in [2.05, 4.69) is 176 Å². The van der Waals surface area contributed by atoms with Gasteiger partial charge in [-0.3, -0.25) is 0 Å². The highest BCUT2D eigenvalue weighted by molar-refractivity contribution is 5.68. The summed E-state index contributed by atoms with van der Waals surface area (Å²) in [6, 6.07) is 13.0. The van der Waals surface area contributed by atoms with Crippen LogP contribution in [-0.2, 0) is 32.5 Å². The van der Waals surface area contributed by atoms with Gasteiger partial charge in [-0.05, 0) is 68.9 Å². The van der Waals surface area contributed by atoms with Gasteiger partial charge in [-0.2, -0.15) is 0 Å². The first-order valence-corrected chi connectivity index (χ1v) is 18.7. The van der Waals surface area contributed by atoms with Gasteiger partial charge in [0.15, 0.2) is 0 Å². The molecule has 1 aliphatic heterocycles. The average molecular weight is 700 g/mol. The second kappa shape index (κ2) is 12.8.